The second-order valence-corrected chi connectivity index (χ2v) is 7.66. The second-order valence-electron chi connectivity index (χ2n) is 7.66. The SMILES string of the molecule is Cc1ccccc1N1C(=O)C(=O)/C(=C(\O)c2ccc(OC(C)C)cc2)C1c1ccco1. The molecule has 1 unspecified atom stereocenters. The molecule has 1 aliphatic rings. The number of para-hydroxylation sites is 1. The van der Waals surface area contributed by atoms with Gasteiger partial charge in [0.05, 0.1) is 17.9 Å². The van der Waals surface area contributed by atoms with Crippen molar-refractivity contribution in [2.45, 2.75) is 32.9 Å². The number of rotatable bonds is 5. The summed E-state index contributed by atoms with van der Waals surface area (Å²) >= 11 is 0. The minimum absolute atomic E-state index is 0.0119. The zero-order valence-electron chi connectivity index (χ0n) is 17.5. The van der Waals surface area contributed by atoms with Gasteiger partial charge in [-0.1, -0.05) is 18.2 Å². The number of amides is 1. The quantitative estimate of drug-likeness (QED) is 0.359. The average molecular weight is 417 g/mol. The van der Waals surface area contributed by atoms with Crippen molar-refractivity contribution in [3.05, 3.63) is 89.4 Å². The predicted molar refractivity (Wildman–Crippen MR) is 117 cm³/mol. The van der Waals surface area contributed by atoms with Gasteiger partial charge in [-0.3, -0.25) is 14.5 Å². The Morgan fingerprint density at radius 3 is 2.35 bits per heavy atom. The summed E-state index contributed by atoms with van der Waals surface area (Å²) < 4.78 is 11.2. The van der Waals surface area contributed by atoms with Crippen LogP contribution in [0, 0.1) is 6.92 Å². The normalized spacial score (nSPS) is 18.1. The standard InChI is InChI=1S/C25H23NO5/c1-15(2)31-18-12-10-17(11-13-18)23(27)21-22(20-9-6-14-30-20)26(25(29)24(21)28)19-8-5-4-7-16(19)3/h4-15,22,27H,1-3H3/b23-21-. The maximum absolute atomic E-state index is 13.1. The van der Waals surface area contributed by atoms with Crippen LogP contribution in [0.25, 0.3) is 5.76 Å². The number of hydrogen-bond acceptors (Lipinski definition) is 5. The summed E-state index contributed by atoms with van der Waals surface area (Å²) in [6.45, 7) is 5.70. The summed E-state index contributed by atoms with van der Waals surface area (Å²) in [7, 11) is 0. The number of carbonyl (C=O) groups excluding carboxylic acids is 2. The zero-order chi connectivity index (χ0) is 22.1. The molecule has 1 aliphatic heterocycles. The molecule has 0 radical (unpaired) electrons. The lowest BCUT2D eigenvalue weighted by Gasteiger charge is -2.24. The third-order valence-corrected chi connectivity index (χ3v) is 5.13. The molecule has 158 valence electrons. The van der Waals surface area contributed by atoms with E-state index in [0.717, 1.165) is 5.56 Å². The van der Waals surface area contributed by atoms with E-state index >= 15 is 0 Å². The van der Waals surface area contributed by atoms with Crippen LogP contribution in [0.5, 0.6) is 5.75 Å². The molecule has 1 N–H and O–H groups in total. The van der Waals surface area contributed by atoms with Crippen molar-refractivity contribution in [1.82, 2.24) is 0 Å². The van der Waals surface area contributed by atoms with Crippen LogP contribution in [-0.2, 0) is 9.59 Å². The average Bonchev–Trinajstić information content (AvgIpc) is 3.36. The fourth-order valence-corrected chi connectivity index (χ4v) is 3.75. The smallest absolute Gasteiger partial charge is 0.300 e. The Kier molecular flexibility index (Phi) is 5.38. The van der Waals surface area contributed by atoms with E-state index in [9.17, 15) is 14.7 Å². The molecule has 6 heteroatoms. The number of ketones is 1. The van der Waals surface area contributed by atoms with Crippen molar-refractivity contribution in [2.75, 3.05) is 4.90 Å². The number of nitrogens with zero attached hydrogens (tertiary/aromatic N) is 1. The molecule has 6 nitrogen and oxygen atoms in total. The first-order chi connectivity index (χ1) is 14.9. The highest BCUT2D eigenvalue weighted by Crippen LogP contribution is 2.43. The Morgan fingerprint density at radius 1 is 1.03 bits per heavy atom. The van der Waals surface area contributed by atoms with E-state index in [2.05, 4.69) is 0 Å². The van der Waals surface area contributed by atoms with Crippen molar-refractivity contribution in [2.24, 2.45) is 0 Å². The van der Waals surface area contributed by atoms with Crippen molar-refractivity contribution in [3.63, 3.8) is 0 Å². The maximum Gasteiger partial charge on any atom is 0.300 e. The highest BCUT2D eigenvalue weighted by Gasteiger charge is 2.48. The van der Waals surface area contributed by atoms with Gasteiger partial charge in [0.1, 0.15) is 23.3 Å². The number of anilines is 1. The fraction of sp³-hybridized carbons (Fsp3) is 0.200. The molecule has 0 aliphatic carbocycles. The Bertz CT molecular complexity index is 1140. The minimum atomic E-state index is -0.873. The van der Waals surface area contributed by atoms with Gasteiger partial charge in [-0.05, 0) is 68.8 Å². The zero-order valence-corrected chi connectivity index (χ0v) is 17.5. The number of hydrogen-bond donors (Lipinski definition) is 1. The number of aryl methyl sites for hydroxylation is 1. The third-order valence-electron chi connectivity index (χ3n) is 5.13. The maximum atomic E-state index is 13.1. The number of ether oxygens (including phenoxy) is 1. The van der Waals surface area contributed by atoms with E-state index < -0.39 is 17.7 Å². The van der Waals surface area contributed by atoms with Gasteiger partial charge in [0.2, 0.25) is 0 Å². The number of aliphatic hydroxyl groups excluding tert-OH is 1. The molecule has 1 fully saturated rings. The van der Waals surface area contributed by atoms with Gasteiger partial charge in [0.25, 0.3) is 11.7 Å². The highest BCUT2D eigenvalue weighted by atomic mass is 16.5. The number of carbonyl (C=O) groups is 2. The van der Waals surface area contributed by atoms with Crippen molar-refractivity contribution < 1.29 is 23.8 Å². The first-order valence-electron chi connectivity index (χ1n) is 10.1. The van der Waals surface area contributed by atoms with Gasteiger partial charge in [-0.25, -0.2) is 0 Å². The molecule has 0 spiro atoms. The van der Waals surface area contributed by atoms with E-state index in [0.29, 0.717) is 22.8 Å². The first-order valence-corrected chi connectivity index (χ1v) is 10.1. The monoisotopic (exact) mass is 417 g/mol. The molecule has 1 amide bonds. The Morgan fingerprint density at radius 2 is 1.74 bits per heavy atom. The molecule has 1 aromatic heterocycles. The van der Waals surface area contributed by atoms with Gasteiger partial charge in [-0.15, -0.1) is 0 Å². The molecular weight excluding hydrogens is 394 g/mol. The molecule has 2 aromatic carbocycles. The van der Waals surface area contributed by atoms with Crippen LogP contribution in [-0.4, -0.2) is 22.9 Å². The minimum Gasteiger partial charge on any atom is -0.507 e. The number of furan rings is 1. The summed E-state index contributed by atoms with van der Waals surface area (Å²) in [6, 6.07) is 16.5. The topological polar surface area (TPSA) is 80.0 Å². The summed E-state index contributed by atoms with van der Waals surface area (Å²) in [6.07, 6.45) is 1.49. The van der Waals surface area contributed by atoms with Crippen LogP contribution in [0.2, 0.25) is 0 Å². The third kappa shape index (κ3) is 3.72. The Hall–Kier alpha value is -3.80. The van der Waals surface area contributed by atoms with Gasteiger partial charge in [-0.2, -0.15) is 0 Å². The van der Waals surface area contributed by atoms with Gasteiger partial charge >= 0.3 is 0 Å². The van der Waals surface area contributed by atoms with E-state index in [-0.39, 0.29) is 17.4 Å². The van der Waals surface area contributed by atoms with Crippen LogP contribution in [0.1, 0.15) is 36.8 Å². The van der Waals surface area contributed by atoms with E-state index in [1.54, 1.807) is 48.5 Å². The molecule has 4 rings (SSSR count). The summed E-state index contributed by atoms with van der Waals surface area (Å²) in [4.78, 5) is 27.5. The van der Waals surface area contributed by atoms with Crippen LogP contribution in [0.4, 0.5) is 5.69 Å². The largest absolute Gasteiger partial charge is 0.507 e. The fourth-order valence-electron chi connectivity index (χ4n) is 3.75. The van der Waals surface area contributed by atoms with Crippen LogP contribution >= 0.6 is 0 Å². The second kappa shape index (κ2) is 8.14. The summed E-state index contributed by atoms with van der Waals surface area (Å²) in [5.74, 6) is -0.688. The summed E-state index contributed by atoms with van der Waals surface area (Å²) in [5.41, 5.74) is 1.82. The van der Waals surface area contributed by atoms with Crippen LogP contribution < -0.4 is 9.64 Å². The molecule has 31 heavy (non-hydrogen) atoms. The molecule has 2 heterocycles. The Labute approximate surface area is 180 Å². The number of aliphatic hydroxyl groups is 1. The molecular formula is C25H23NO5. The van der Waals surface area contributed by atoms with Crippen LogP contribution in [0.3, 0.4) is 0 Å². The van der Waals surface area contributed by atoms with Crippen molar-refractivity contribution in [3.8, 4) is 5.75 Å². The van der Waals surface area contributed by atoms with Crippen molar-refractivity contribution in [1.29, 1.82) is 0 Å². The van der Waals surface area contributed by atoms with Crippen LogP contribution in [0.15, 0.2) is 76.9 Å². The lowest BCUT2D eigenvalue weighted by molar-refractivity contribution is -0.132. The lowest BCUT2D eigenvalue weighted by Crippen LogP contribution is -2.29. The summed E-state index contributed by atoms with van der Waals surface area (Å²) in [5, 5.41) is 11.1. The molecule has 0 bridgehead atoms. The van der Waals surface area contributed by atoms with Gasteiger partial charge in [0, 0.05) is 11.3 Å². The lowest BCUT2D eigenvalue weighted by atomic mass is 9.99. The van der Waals surface area contributed by atoms with Gasteiger partial charge < -0.3 is 14.3 Å². The van der Waals surface area contributed by atoms with Crippen molar-refractivity contribution >= 4 is 23.1 Å². The van der Waals surface area contributed by atoms with E-state index in [1.807, 2.05) is 32.9 Å². The first kappa shape index (κ1) is 20.5. The number of benzene rings is 2. The van der Waals surface area contributed by atoms with Gasteiger partial charge in [0.15, 0.2) is 0 Å². The highest BCUT2D eigenvalue weighted by molar-refractivity contribution is 6.51. The van der Waals surface area contributed by atoms with E-state index in [1.165, 1.54) is 11.2 Å². The Balaban J connectivity index is 1.85. The molecule has 3 aromatic rings. The van der Waals surface area contributed by atoms with E-state index in [4.69, 9.17) is 9.15 Å². The molecule has 1 saturated heterocycles. The molecule has 0 saturated carbocycles. The molecule has 1 atom stereocenters. The predicted octanol–water partition coefficient (Wildman–Crippen LogP) is 5.00. The number of Topliss-reactive ketones (excluding diaryl/α,β-unsaturated/α-hetero) is 1.